The molecule has 5 nitrogen and oxygen atoms in total. The summed E-state index contributed by atoms with van der Waals surface area (Å²) < 4.78 is 4.71. The molecule has 1 aromatic carbocycles. The standard InChI is InChI=1S/C13H15N3O2/c1-18-13(17)8-2-3-10-11(6-8)16-12(15-10)9-4-5-14-7-9/h2-3,6,9,14H,4-5,7H2,1H3,(H,15,16). The number of imidazole rings is 1. The van der Waals surface area contributed by atoms with Gasteiger partial charge in [0.05, 0.1) is 23.7 Å². The van der Waals surface area contributed by atoms with Crippen LogP contribution in [-0.4, -0.2) is 36.1 Å². The van der Waals surface area contributed by atoms with E-state index < -0.39 is 0 Å². The SMILES string of the molecule is COC(=O)c1ccc2nc(C3CCNC3)[nH]c2c1. The van der Waals surface area contributed by atoms with Crippen LogP contribution in [0.15, 0.2) is 18.2 Å². The molecule has 0 amide bonds. The number of aromatic nitrogens is 2. The van der Waals surface area contributed by atoms with E-state index in [0.717, 1.165) is 36.4 Å². The average Bonchev–Trinajstić information content (AvgIpc) is 3.04. The lowest BCUT2D eigenvalue weighted by Crippen LogP contribution is -2.08. The Kier molecular flexibility index (Phi) is 2.76. The number of nitrogens with zero attached hydrogens (tertiary/aromatic N) is 1. The van der Waals surface area contributed by atoms with E-state index in [4.69, 9.17) is 4.74 Å². The Labute approximate surface area is 105 Å². The minimum Gasteiger partial charge on any atom is -0.465 e. The molecule has 1 aromatic heterocycles. The predicted molar refractivity (Wildman–Crippen MR) is 67.7 cm³/mol. The summed E-state index contributed by atoms with van der Waals surface area (Å²) in [5.41, 5.74) is 2.33. The van der Waals surface area contributed by atoms with Crippen molar-refractivity contribution in [3.8, 4) is 0 Å². The lowest BCUT2D eigenvalue weighted by atomic mass is 10.1. The highest BCUT2D eigenvalue weighted by Crippen LogP contribution is 2.23. The zero-order valence-corrected chi connectivity index (χ0v) is 10.2. The second kappa shape index (κ2) is 4.42. The molecule has 5 heteroatoms. The van der Waals surface area contributed by atoms with Gasteiger partial charge in [0.2, 0.25) is 0 Å². The van der Waals surface area contributed by atoms with Gasteiger partial charge < -0.3 is 15.0 Å². The number of carbonyl (C=O) groups excluding carboxylic acids is 1. The molecule has 1 aliphatic heterocycles. The van der Waals surface area contributed by atoms with Gasteiger partial charge in [-0.05, 0) is 31.2 Å². The van der Waals surface area contributed by atoms with Crippen LogP contribution in [0.5, 0.6) is 0 Å². The minimum atomic E-state index is -0.324. The monoisotopic (exact) mass is 245 g/mol. The molecule has 1 fully saturated rings. The average molecular weight is 245 g/mol. The number of esters is 1. The van der Waals surface area contributed by atoms with Crippen molar-refractivity contribution in [3.05, 3.63) is 29.6 Å². The first kappa shape index (κ1) is 11.2. The van der Waals surface area contributed by atoms with Gasteiger partial charge in [0.1, 0.15) is 5.82 Å². The Balaban J connectivity index is 1.98. The van der Waals surface area contributed by atoms with Gasteiger partial charge >= 0.3 is 5.97 Å². The van der Waals surface area contributed by atoms with E-state index >= 15 is 0 Å². The summed E-state index contributed by atoms with van der Waals surface area (Å²) >= 11 is 0. The highest BCUT2D eigenvalue weighted by atomic mass is 16.5. The molecule has 1 atom stereocenters. The number of benzene rings is 1. The number of hydrogen-bond acceptors (Lipinski definition) is 4. The van der Waals surface area contributed by atoms with Gasteiger partial charge in [-0.2, -0.15) is 0 Å². The molecule has 1 saturated heterocycles. The molecule has 94 valence electrons. The minimum absolute atomic E-state index is 0.324. The summed E-state index contributed by atoms with van der Waals surface area (Å²) in [5.74, 6) is 1.12. The fraction of sp³-hybridized carbons (Fsp3) is 0.385. The molecule has 2 heterocycles. The van der Waals surface area contributed by atoms with Gasteiger partial charge in [-0.1, -0.05) is 0 Å². The number of hydrogen-bond donors (Lipinski definition) is 2. The van der Waals surface area contributed by atoms with Crippen molar-refractivity contribution in [1.29, 1.82) is 0 Å². The molecule has 18 heavy (non-hydrogen) atoms. The molecular formula is C13H15N3O2. The van der Waals surface area contributed by atoms with E-state index in [2.05, 4.69) is 15.3 Å². The maximum absolute atomic E-state index is 11.5. The van der Waals surface area contributed by atoms with E-state index in [-0.39, 0.29) is 5.97 Å². The fourth-order valence-corrected chi connectivity index (χ4v) is 2.36. The van der Waals surface area contributed by atoms with Crippen LogP contribution >= 0.6 is 0 Å². The first-order chi connectivity index (χ1) is 8.78. The number of methoxy groups -OCH3 is 1. The topological polar surface area (TPSA) is 67.0 Å². The summed E-state index contributed by atoms with van der Waals surface area (Å²) in [5, 5.41) is 3.32. The molecule has 0 radical (unpaired) electrons. The van der Waals surface area contributed by atoms with Crippen LogP contribution in [0, 0.1) is 0 Å². The van der Waals surface area contributed by atoms with Gasteiger partial charge in [0.15, 0.2) is 0 Å². The summed E-state index contributed by atoms with van der Waals surface area (Å²) in [6.07, 6.45) is 1.10. The number of nitrogens with one attached hydrogen (secondary N) is 2. The quantitative estimate of drug-likeness (QED) is 0.785. The van der Waals surface area contributed by atoms with Gasteiger partial charge in [-0.15, -0.1) is 0 Å². The van der Waals surface area contributed by atoms with Crippen molar-refractivity contribution in [1.82, 2.24) is 15.3 Å². The van der Waals surface area contributed by atoms with Crippen LogP contribution in [0.2, 0.25) is 0 Å². The van der Waals surface area contributed by atoms with Gasteiger partial charge in [-0.3, -0.25) is 0 Å². The molecule has 2 N–H and O–H groups in total. The van der Waals surface area contributed by atoms with Crippen molar-refractivity contribution in [2.75, 3.05) is 20.2 Å². The van der Waals surface area contributed by atoms with E-state index in [0.29, 0.717) is 11.5 Å². The van der Waals surface area contributed by atoms with Crippen molar-refractivity contribution in [2.45, 2.75) is 12.3 Å². The summed E-state index contributed by atoms with van der Waals surface area (Å²) in [6.45, 7) is 2.00. The van der Waals surface area contributed by atoms with Crippen LogP contribution in [0.4, 0.5) is 0 Å². The molecular weight excluding hydrogens is 230 g/mol. The maximum Gasteiger partial charge on any atom is 0.337 e. The number of rotatable bonds is 2. The van der Waals surface area contributed by atoms with Gasteiger partial charge in [0, 0.05) is 12.5 Å². The second-order valence-electron chi connectivity index (χ2n) is 4.54. The Morgan fingerprint density at radius 2 is 2.39 bits per heavy atom. The first-order valence-corrected chi connectivity index (χ1v) is 6.06. The van der Waals surface area contributed by atoms with Crippen LogP contribution < -0.4 is 5.32 Å². The molecule has 3 rings (SSSR count). The highest BCUT2D eigenvalue weighted by molar-refractivity contribution is 5.93. The number of fused-ring (bicyclic) bond motifs is 1. The van der Waals surface area contributed by atoms with E-state index in [1.807, 2.05) is 6.07 Å². The van der Waals surface area contributed by atoms with Crippen LogP contribution in [0.25, 0.3) is 11.0 Å². The highest BCUT2D eigenvalue weighted by Gasteiger charge is 2.20. The lowest BCUT2D eigenvalue weighted by molar-refractivity contribution is 0.0601. The Bertz CT molecular complexity index is 585. The predicted octanol–water partition coefficient (Wildman–Crippen LogP) is 1.43. The van der Waals surface area contributed by atoms with Crippen molar-refractivity contribution < 1.29 is 9.53 Å². The third kappa shape index (κ3) is 1.86. The maximum atomic E-state index is 11.5. The molecule has 1 aliphatic rings. The lowest BCUT2D eigenvalue weighted by Gasteiger charge is -2.01. The normalized spacial score (nSPS) is 19.3. The molecule has 0 spiro atoms. The Hall–Kier alpha value is -1.88. The van der Waals surface area contributed by atoms with Crippen molar-refractivity contribution >= 4 is 17.0 Å². The van der Waals surface area contributed by atoms with E-state index in [9.17, 15) is 4.79 Å². The van der Waals surface area contributed by atoms with Gasteiger partial charge in [0.25, 0.3) is 0 Å². The third-order valence-corrected chi connectivity index (χ3v) is 3.37. The van der Waals surface area contributed by atoms with Crippen molar-refractivity contribution in [2.24, 2.45) is 0 Å². The zero-order valence-electron chi connectivity index (χ0n) is 10.2. The first-order valence-electron chi connectivity index (χ1n) is 6.06. The van der Waals surface area contributed by atoms with Crippen molar-refractivity contribution in [3.63, 3.8) is 0 Å². The van der Waals surface area contributed by atoms with Crippen LogP contribution in [-0.2, 0) is 4.74 Å². The van der Waals surface area contributed by atoms with E-state index in [1.54, 1.807) is 12.1 Å². The molecule has 0 saturated carbocycles. The zero-order chi connectivity index (χ0) is 12.5. The number of aromatic amines is 1. The third-order valence-electron chi connectivity index (χ3n) is 3.37. The Morgan fingerprint density at radius 3 is 3.11 bits per heavy atom. The molecule has 1 unspecified atom stereocenters. The van der Waals surface area contributed by atoms with E-state index in [1.165, 1.54) is 7.11 Å². The largest absolute Gasteiger partial charge is 0.465 e. The molecule has 2 aromatic rings. The summed E-state index contributed by atoms with van der Waals surface area (Å²) in [7, 11) is 1.38. The summed E-state index contributed by atoms with van der Waals surface area (Å²) in [6, 6.07) is 5.38. The van der Waals surface area contributed by atoms with Crippen LogP contribution in [0.1, 0.15) is 28.5 Å². The molecule has 0 aliphatic carbocycles. The number of carbonyl (C=O) groups is 1. The number of ether oxygens (including phenoxy) is 1. The fourth-order valence-electron chi connectivity index (χ4n) is 2.36. The van der Waals surface area contributed by atoms with Gasteiger partial charge in [-0.25, -0.2) is 9.78 Å². The molecule has 0 bridgehead atoms. The summed E-state index contributed by atoms with van der Waals surface area (Å²) in [4.78, 5) is 19.3. The Morgan fingerprint density at radius 1 is 1.50 bits per heavy atom. The second-order valence-corrected chi connectivity index (χ2v) is 4.54. The van der Waals surface area contributed by atoms with Crippen LogP contribution in [0.3, 0.4) is 0 Å². The smallest absolute Gasteiger partial charge is 0.337 e. The number of H-pyrrole nitrogens is 1.